The molecule has 1 unspecified atom stereocenters. The van der Waals surface area contributed by atoms with Gasteiger partial charge in [-0.15, -0.1) is 0 Å². The highest BCUT2D eigenvalue weighted by Crippen LogP contribution is 2.46. The van der Waals surface area contributed by atoms with Crippen molar-refractivity contribution < 1.29 is 4.39 Å². The maximum Gasteiger partial charge on any atom is 0.127 e. The van der Waals surface area contributed by atoms with E-state index >= 15 is 0 Å². The maximum atomic E-state index is 13.9. The Morgan fingerprint density at radius 1 is 1.30 bits per heavy atom. The van der Waals surface area contributed by atoms with Gasteiger partial charge in [-0.05, 0) is 49.1 Å². The molecule has 0 aliphatic heterocycles. The lowest BCUT2D eigenvalue weighted by Crippen LogP contribution is -2.42. The predicted octanol–water partition coefficient (Wildman–Crippen LogP) is 4.96. The molecule has 1 aromatic carbocycles. The largest absolute Gasteiger partial charge is 0.327 e. The van der Waals surface area contributed by atoms with Crippen LogP contribution in [0.2, 0.25) is 5.02 Å². The summed E-state index contributed by atoms with van der Waals surface area (Å²) in [6.07, 6.45) is 6.48. The van der Waals surface area contributed by atoms with E-state index in [1.54, 1.807) is 12.1 Å². The van der Waals surface area contributed by atoms with Crippen LogP contribution >= 0.6 is 11.6 Å². The van der Waals surface area contributed by atoms with E-state index in [1.165, 1.54) is 31.7 Å². The van der Waals surface area contributed by atoms with Crippen LogP contribution in [-0.4, -0.2) is 6.04 Å². The second-order valence-electron chi connectivity index (χ2n) is 6.68. The van der Waals surface area contributed by atoms with Crippen LogP contribution in [0.5, 0.6) is 0 Å². The summed E-state index contributed by atoms with van der Waals surface area (Å²) >= 11 is 6.14. The predicted molar refractivity (Wildman–Crippen MR) is 83.4 cm³/mol. The third-order valence-corrected chi connectivity index (χ3v) is 5.04. The van der Waals surface area contributed by atoms with E-state index in [1.807, 2.05) is 0 Å². The first-order chi connectivity index (χ1) is 9.44. The first kappa shape index (κ1) is 15.8. The SMILES string of the molecule is CC(C)CC1(C(N)Cc2c(F)cccc2Cl)CCCC1. The Bertz CT molecular complexity index is 432. The molecule has 0 saturated heterocycles. The topological polar surface area (TPSA) is 26.0 Å². The second-order valence-corrected chi connectivity index (χ2v) is 7.09. The van der Waals surface area contributed by atoms with E-state index in [2.05, 4.69) is 13.8 Å². The van der Waals surface area contributed by atoms with E-state index in [4.69, 9.17) is 17.3 Å². The summed E-state index contributed by atoms with van der Waals surface area (Å²) in [4.78, 5) is 0. The maximum absolute atomic E-state index is 13.9. The van der Waals surface area contributed by atoms with Gasteiger partial charge >= 0.3 is 0 Å². The van der Waals surface area contributed by atoms with Gasteiger partial charge in [-0.2, -0.15) is 0 Å². The quantitative estimate of drug-likeness (QED) is 0.817. The molecule has 0 bridgehead atoms. The molecule has 1 saturated carbocycles. The average Bonchev–Trinajstić information content (AvgIpc) is 2.82. The van der Waals surface area contributed by atoms with Gasteiger partial charge in [-0.3, -0.25) is 0 Å². The molecule has 112 valence electrons. The molecule has 2 rings (SSSR count). The lowest BCUT2D eigenvalue weighted by molar-refractivity contribution is 0.181. The van der Waals surface area contributed by atoms with Gasteiger partial charge < -0.3 is 5.73 Å². The smallest absolute Gasteiger partial charge is 0.127 e. The molecule has 0 aromatic heterocycles. The standard InChI is InChI=1S/C17H25ClFN/c1-12(2)11-17(8-3-4-9-17)16(20)10-13-14(18)6-5-7-15(13)19/h5-7,12,16H,3-4,8-11,20H2,1-2H3. The zero-order valence-corrected chi connectivity index (χ0v) is 13.2. The molecule has 1 nitrogen and oxygen atoms in total. The van der Waals surface area contributed by atoms with Gasteiger partial charge in [0.2, 0.25) is 0 Å². The van der Waals surface area contributed by atoms with Crippen molar-refractivity contribution in [2.45, 2.75) is 58.4 Å². The van der Waals surface area contributed by atoms with E-state index < -0.39 is 0 Å². The molecule has 0 spiro atoms. The van der Waals surface area contributed by atoms with Crippen LogP contribution in [0.25, 0.3) is 0 Å². The number of hydrogen-bond donors (Lipinski definition) is 1. The van der Waals surface area contributed by atoms with Crippen molar-refractivity contribution in [1.82, 2.24) is 0 Å². The molecule has 1 aliphatic rings. The lowest BCUT2D eigenvalue weighted by atomic mass is 9.71. The van der Waals surface area contributed by atoms with Crippen molar-refractivity contribution in [2.24, 2.45) is 17.1 Å². The minimum Gasteiger partial charge on any atom is -0.327 e. The summed E-state index contributed by atoms with van der Waals surface area (Å²) in [5.41, 5.74) is 7.25. The van der Waals surface area contributed by atoms with Crippen LogP contribution in [0.4, 0.5) is 4.39 Å². The fraction of sp³-hybridized carbons (Fsp3) is 0.647. The van der Waals surface area contributed by atoms with Crippen molar-refractivity contribution in [3.05, 3.63) is 34.6 Å². The Morgan fingerprint density at radius 2 is 1.95 bits per heavy atom. The van der Waals surface area contributed by atoms with Crippen molar-refractivity contribution in [3.63, 3.8) is 0 Å². The van der Waals surface area contributed by atoms with Crippen LogP contribution in [0.1, 0.15) is 51.5 Å². The monoisotopic (exact) mass is 297 g/mol. The zero-order chi connectivity index (χ0) is 14.8. The second kappa shape index (κ2) is 6.44. The first-order valence-electron chi connectivity index (χ1n) is 7.63. The van der Waals surface area contributed by atoms with Gasteiger partial charge in [0.25, 0.3) is 0 Å². The van der Waals surface area contributed by atoms with Crippen LogP contribution in [0, 0.1) is 17.2 Å². The molecule has 3 heteroatoms. The molecule has 1 aliphatic carbocycles. The van der Waals surface area contributed by atoms with Crippen LogP contribution in [0.3, 0.4) is 0 Å². The third-order valence-electron chi connectivity index (χ3n) is 4.69. The highest BCUT2D eigenvalue weighted by atomic mass is 35.5. The molecule has 0 radical (unpaired) electrons. The van der Waals surface area contributed by atoms with Gasteiger partial charge in [0.1, 0.15) is 5.82 Å². The third kappa shape index (κ3) is 3.35. The fourth-order valence-corrected chi connectivity index (χ4v) is 4.02. The van der Waals surface area contributed by atoms with Gasteiger partial charge in [-0.1, -0.05) is 44.4 Å². The van der Waals surface area contributed by atoms with Crippen LogP contribution < -0.4 is 5.73 Å². The van der Waals surface area contributed by atoms with Crippen molar-refractivity contribution in [3.8, 4) is 0 Å². The van der Waals surface area contributed by atoms with E-state index in [-0.39, 0.29) is 17.3 Å². The van der Waals surface area contributed by atoms with Gasteiger partial charge in [-0.25, -0.2) is 4.39 Å². The minimum atomic E-state index is -0.231. The lowest BCUT2D eigenvalue weighted by Gasteiger charge is -2.37. The Kier molecular flexibility index (Phi) is 5.09. The highest BCUT2D eigenvalue weighted by Gasteiger charge is 2.40. The molecule has 1 atom stereocenters. The molecule has 2 N–H and O–H groups in total. The van der Waals surface area contributed by atoms with E-state index in [9.17, 15) is 4.39 Å². The number of benzene rings is 1. The summed E-state index contributed by atoms with van der Waals surface area (Å²) < 4.78 is 13.9. The summed E-state index contributed by atoms with van der Waals surface area (Å²) in [6, 6.07) is 4.85. The number of nitrogens with two attached hydrogens (primary N) is 1. The normalized spacial score (nSPS) is 19.5. The molecule has 20 heavy (non-hydrogen) atoms. The van der Waals surface area contributed by atoms with Crippen molar-refractivity contribution >= 4 is 11.6 Å². The minimum absolute atomic E-state index is 0.0122. The van der Waals surface area contributed by atoms with Crippen molar-refractivity contribution in [1.29, 1.82) is 0 Å². The molecule has 0 heterocycles. The Balaban J connectivity index is 2.19. The van der Waals surface area contributed by atoms with E-state index in [0.717, 1.165) is 6.42 Å². The summed E-state index contributed by atoms with van der Waals surface area (Å²) in [5, 5.41) is 0.498. The van der Waals surface area contributed by atoms with E-state index in [0.29, 0.717) is 22.9 Å². The highest BCUT2D eigenvalue weighted by molar-refractivity contribution is 6.31. The molecular formula is C17H25ClFN. The number of rotatable bonds is 5. The summed E-state index contributed by atoms with van der Waals surface area (Å²) in [6.45, 7) is 4.48. The number of halogens is 2. The van der Waals surface area contributed by atoms with Crippen LogP contribution in [-0.2, 0) is 6.42 Å². The summed E-state index contributed by atoms with van der Waals surface area (Å²) in [5.74, 6) is 0.390. The Labute approximate surface area is 126 Å². The summed E-state index contributed by atoms with van der Waals surface area (Å²) in [7, 11) is 0. The molecule has 1 aromatic rings. The molecular weight excluding hydrogens is 273 g/mol. The number of hydrogen-bond acceptors (Lipinski definition) is 1. The fourth-order valence-electron chi connectivity index (χ4n) is 3.78. The van der Waals surface area contributed by atoms with Crippen molar-refractivity contribution in [2.75, 3.05) is 0 Å². The average molecular weight is 298 g/mol. The van der Waals surface area contributed by atoms with Gasteiger partial charge in [0, 0.05) is 16.6 Å². The Hall–Kier alpha value is -0.600. The zero-order valence-electron chi connectivity index (χ0n) is 12.5. The molecule has 1 fully saturated rings. The Morgan fingerprint density at radius 3 is 2.50 bits per heavy atom. The van der Waals surface area contributed by atoms with Crippen LogP contribution in [0.15, 0.2) is 18.2 Å². The van der Waals surface area contributed by atoms with Gasteiger partial charge in [0.05, 0.1) is 0 Å². The molecule has 0 amide bonds. The van der Waals surface area contributed by atoms with Gasteiger partial charge in [0.15, 0.2) is 0 Å². The first-order valence-corrected chi connectivity index (χ1v) is 8.01.